The van der Waals surface area contributed by atoms with E-state index < -0.39 is 24.1 Å². The van der Waals surface area contributed by atoms with Gasteiger partial charge >= 0.3 is 18.1 Å². The van der Waals surface area contributed by atoms with Crippen LogP contribution in [-0.4, -0.2) is 31.2 Å². The van der Waals surface area contributed by atoms with Crippen LogP contribution in [0.25, 0.3) is 0 Å². The number of nitrogens with one attached hydrogen (secondary N) is 1. The molecule has 1 amide bonds. The molecule has 0 aliphatic carbocycles. The summed E-state index contributed by atoms with van der Waals surface area (Å²) in [6, 6.07) is -2.07. The number of carbonyl (C=O) groups is 2. The lowest BCUT2D eigenvalue weighted by atomic mass is 10.3. The quantitative estimate of drug-likeness (QED) is 0.485. The first-order valence-electron chi connectivity index (χ1n) is 3.24. The Labute approximate surface area is 72.0 Å². The van der Waals surface area contributed by atoms with Crippen LogP contribution < -0.4 is 5.32 Å². The molecule has 1 atom stereocenters. The van der Waals surface area contributed by atoms with Gasteiger partial charge in [0.2, 0.25) is 0 Å². The van der Waals surface area contributed by atoms with Crippen molar-refractivity contribution in [3.05, 3.63) is 0 Å². The van der Waals surface area contributed by atoms with Crippen molar-refractivity contribution in [1.29, 1.82) is 0 Å². The molecule has 0 fully saturated rings. The number of hydrogen-bond donors (Lipinski definition) is 1. The fourth-order valence-corrected chi connectivity index (χ4v) is 0.430. The minimum Gasteiger partial charge on any atom is -0.462 e. The number of halogens is 3. The molecule has 0 aromatic rings. The van der Waals surface area contributed by atoms with Gasteiger partial charge in [-0.15, -0.1) is 0 Å². The number of amides is 1. The van der Waals surface area contributed by atoms with Crippen LogP contribution in [0, 0.1) is 0 Å². The molecule has 0 unspecified atom stereocenters. The largest absolute Gasteiger partial charge is 0.462 e. The Morgan fingerprint density at radius 1 is 1.38 bits per heavy atom. The molecule has 0 bridgehead atoms. The van der Waals surface area contributed by atoms with E-state index in [4.69, 9.17) is 0 Å². The van der Waals surface area contributed by atoms with Gasteiger partial charge in [0, 0.05) is 0 Å². The van der Waals surface area contributed by atoms with Gasteiger partial charge < -0.3 is 10.1 Å². The van der Waals surface area contributed by atoms with Crippen molar-refractivity contribution in [2.75, 3.05) is 7.11 Å². The number of rotatable bonds is 1. The van der Waals surface area contributed by atoms with Crippen molar-refractivity contribution >= 4 is 11.9 Å². The van der Waals surface area contributed by atoms with E-state index in [1.54, 1.807) is 0 Å². The van der Waals surface area contributed by atoms with E-state index >= 15 is 0 Å². The number of carbonyl (C=O) groups excluding carboxylic acids is 2. The van der Waals surface area contributed by atoms with Gasteiger partial charge in [-0.05, 0) is 6.92 Å². The first-order chi connectivity index (χ1) is 5.79. The molecule has 0 rings (SSSR count). The Kier molecular flexibility index (Phi) is 3.70. The maximum Gasteiger partial charge on any atom is 0.408 e. The molecule has 0 radical (unpaired) electrons. The minimum atomic E-state index is -4.57. The summed E-state index contributed by atoms with van der Waals surface area (Å²) < 4.78 is 39.3. The Morgan fingerprint density at radius 2 is 1.85 bits per heavy atom. The van der Waals surface area contributed by atoms with Gasteiger partial charge in [-0.1, -0.05) is 0 Å². The van der Waals surface area contributed by atoms with Gasteiger partial charge in [0.15, 0.2) is 0 Å². The van der Waals surface area contributed by atoms with E-state index in [9.17, 15) is 22.8 Å². The monoisotopic (exact) mass is 199 g/mol. The van der Waals surface area contributed by atoms with Crippen LogP contribution in [-0.2, 0) is 14.3 Å². The molecule has 7 heteroatoms. The van der Waals surface area contributed by atoms with Crippen molar-refractivity contribution in [1.82, 2.24) is 5.32 Å². The Bertz CT molecular complexity index is 214. The van der Waals surface area contributed by atoms with Crippen LogP contribution >= 0.6 is 0 Å². The highest BCUT2D eigenvalue weighted by atomic mass is 19.4. The van der Waals surface area contributed by atoms with Crippen molar-refractivity contribution in [2.45, 2.75) is 19.1 Å². The van der Waals surface area contributed by atoms with Gasteiger partial charge in [-0.25, -0.2) is 4.79 Å². The highest BCUT2D eigenvalue weighted by Crippen LogP contribution is 2.19. The molecule has 0 aliphatic rings. The van der Waals surface area contributed by atoms with Crippen LogP contribution in [0.1, 0.15) is 6.92 Å². The van der Waals surface area contributed by atoms with Crippen LogP contribution in [0.3, 0.4) is 0 Å². The molecule has 0 saturated carbocycles. The van der Waals surface area contributed by atoms with Crippen LogP contribution in [0.4, 0.5) is 13.2 Å². The zero-order valence-electron chi connectivity index (χ0n) is 6.94. The van der Waals surface area contributed by atoms with Gasteiger partial charge in [0.05, 0.1) is 7.11 Å². The maximum atomic E-state index is 11.8. The summed E-state index contributed by atoms with van der Waals surface area (Å²) in [7, 11) is 0.903. The summed E-state index contributed by atoms with van der Waals surface area (Å²) in [5, 5.41) is 1.43. The second-order valence-electron chi connectivity index (χ2n) is 2.23. The topological polar surface area (TPSA) is 55.4 Å². The molecule has 1 N–H and O–H groups in total. The van der Waals surface area contributed by atoms with Crippen molar-refractivity contribution in [3.8, 4) is 0 Å². The van der Waals surface area contributed by atoms with Crippen LogP contribution in [0.2, 0.25) is 0 Å². The molecule has 13 heavy (non-hydrogen) atoms. The summed E-state index contributed by atoms with van der Waals surface area (Å²) in [4.78, 5) is 20.9. The maximum absolute atomic E-state index is 11.8. The summed E-state index contributed by atoms with van der Waals surface area (Å²) in [6.45, 7) is 0.723. The SMILES string of the molecule is COC(=O)C(=O)N[C@H](C)C(F)(F)F. The lowest BCUT2D eigenvalue weighted by Gasteiger charge is -2.15. The molecule has 0 saturated heterocycles. The lowest BCUT2D eigenvalue weighted by molar-refractivity contribution is -0.165. The third-order valence-electron chi connectivity index (χ3n) is 1.21. The highest BCUT2D eigenvalue weighted by molar-refractivity contribution is 6.32. The lowest BCUT2D eigenvalue weighted by Crippen LogP contribution is -2.46. The van der Waals surface area contributed by atoms with E-state index in [1.807, 2.05) is 0 Å². The molecule has 0 aromatic carbocycles. The molecule has 76 valence electrons. The molecular weight excluding hydrogens is 191 g/mol. The number of methoxy groups -OCH3 is 1. The summed E-state index contributed by atoms with van der Waals surface area (Å²) in [5.41, 5.74) is 0. The predicted molar refractivity (Wildman–Crippen MR) is 35.7 cm³/mol. The number of ether oxygens (including phenoxy) is 1. The molecule has 4 nitrogen and oxygen atoms in total. The van der Waals surface area contributed by atoms with Gasteiger partial charge in [-0.2, -0.15) is 13.2 Å². The summed E-state index contributed by atoms with van der Waals surface area (Å²) >= 11 is 0. The third kappa shape index (κ3) is 3.77. The van der Waals surface area contributed by atoms with Crippen LogP contribution in [0.5, 0.6) is 0 Å². The summed E-state index contributed by atoms with van der Waals surface area (Å²) in [6.07, 6.45) is -4.57. The fourth-order valence-electron chi connectivity index (χ4n) is 0.430. The molecule has 0 aromatic heterocycles. The highest BCUT2D eigenvalue weighted by Gasteiger charge is 2.38. The second-order valence-corrected chi connectivity index (χ2v) is 2.23. The second kappa shape index (κ2) is 4.11. The molecule has 0 heterocycles. The standard InChI is InChI=1S/C6H8F3NO3/c1-3(6(7,8)9)10-4(11)5(12)13-2/h3H,1-2H3,(H,10,11)/t3-/m1/s1. The fraction of sp³-hybridized carbons (Fsp3) is 0.667. The number of esters is 1. The van der Waals surface area contributed by atoms with E-state index in [0.717, 1.165) is 14.0 Å². The van der Waals surface area contributed by atoms with Crippen molar-refractivity contribution in [3.63, 3.8) is 0 Å². The Balaban J connectivity index is 4.15. The van der Waals surface area contributed by atoms with Crippen molar-refractivity contribution < 1.29 is 27.5 Å². The van der Waals surface area contributed by atoms with E-state index in [2.05, 4.69) is 4.74 Å². The number of hydrogen-bond acceptors (Lipinski definition) is 3. The zero-order valence-corrected chi connectivity index (χ0v) is 6.94. The van der Waals surface area contributed by atoms with Crippen molar-refractivity contribution in [2.24, 2.45) is 0 Å². The predicted octanol–water partition coefficient (Wildman–Crippen LogP) is 0.226. The first kappa shape index (κ1) is 11.7. The molecule has 0 spiro atoms. The van der Waals surface area contributed by atoms with Crippen LogP contribution in [0.15, 0.2) is 0 Å². The average Bonchev–Trinajstić information content (AvgIpc) is 2.01. The summed E-state index contributed by atoms with van der Waals surface area (Å²) in [5.74, 6) is -2.76. The minimum absolute atomic E-state index is 0.723. The van der Waals surface area contributed by atoms with E-state index in [-0.39, 0.29) is 0 Å². The first-order valence-corrected chi connectivity index (χ1v) is 3.24. The zero-order chi connectivity index (χ0) is 10.6. The molecule has 0 aliphatic heterocycles. The van der Waals surface area contributed by atoms with Gasteiger partial charge in [0.1, 0.15) is 6.04 Å². The number of alkyl halides is 3. The normalized spacial score (nSPS) is 13.3. The Morgan fingerprint density at radius 3 is 2.15 bits per heavy atom. The van der Waals surface area contributed by atoms with E-state index in [0.29, 0.717) is 0 Å². The third-order valence-corrected chi connectivity index (χ3v) is 1.21. The van der Waals surface area contributed by atoms with Gasteiger partial charge in [-0.3, -0.25) is 4.79 Å². The average molecular weight is 199 g/mol. The Hall–Kier alpha value is -1.27. The van der Waals surface area contributed by atoms with Gasteiger partial charge in [0.25, 0.3) is 0 Å². The van der Waals surface area contributed by atoms with E-state index in [1.165, 1.54) is 5.32 Å². The molecular formula is C6H8F3NO3. The smallest absolute Gasteiger partial charge is 0.408 e.